The number of ether oxygens (including phenoxy) is 1. The summed E-state index contributed by atoms with van der Waals surface area (Å²) in [6.45, 7) is 8.56. The zero-order valence-corrected chi connectivity index (χ0v) is 12.3. The molecule has 1 aromatic rings. The van der Waals surface area contributed by atoms with Crippen molar-refractivity contribution in [2.45, 2.75) is 20.3 Å². The highest BCUT2D eigenvalue weighted by Gasteiger charge is 2.02. The minimum Gasteiger partial charge on any atom is -0.493 e. The van der Waals surface area contributed by atoms with Gasteiger partial charge < -0.3 is 10.1 Å². The molecule has 0 bridgehead atoms. The first-order valence-corrected chi connectivity index (χ1v) is 6.58. The van der Waals surface area contributed by atoms with E-state index in [-0.39, 0.29) is 5.91 Å². The van der Waals surface area contributed by atoms with E-state index < -0.39 is 0 Å². The third kappa shape index (κ3) is 5.36. The van der Waals surface area contributed by atoms with Crippen molar-refractivity contribution in [3.63, 3.8) is 0 Å². The fraction of sp³-hybridized carbons (Fsp3) is 0.357. The molecule has 1 N–H and O–H groups in total. The summed E-state index contributed by atoms with van der Waals surface area (Å²) in [5.41, 5.74) is 2.42. The zero-order valence-electron chi connectivity index (χ0n) is 10.8. The highest BCUT2D eigenvalue weighted by molar-refractivity contribution is 9.11. The van der Waals surface area contributed by atoms with Crippen molar-refractivity contribution in [2.75, 3.05) is 13.2 Å². The molecule has 98 valence electrons. The van der Waals surface area contributed by atoms with E-state index in [0.717, 1.165) is 10.2 Å². The first-order valence-electron chi connectivity index (χ1n) is 5.79. The third-order valence-electron chi connectivity index (χ3n) is 2.55. The van der Waals surface area contributed by atoms with E-state index >= 15 is 0 Å². The molecule has 1 rings (SSSR count). The van der Waals surface area contributed by atoms with Crippen LogP contribution in [0.5, 0.6) is 5.75 Å². The van der Waals surface area contributed by atoms with Crippen LogP contribution in [0.1, 0.15) is 17.5 Å². The fourth-order valence-corrected chi connectivity index (χ4v) is 1.49. The fourth-order valence-electron chi connectivity index (χ4n) is 1.35. The number of carbonyl (C=O) groups is 1. The first kappa shape index (κ1) is 14.8. The Bertz CT molecular complexity index is 443. The summed E-state index contributed by atoms with van der Waals surface area (Å²) in [4.78, 5) is 11.4. The van der Waals surface area contributed by atoms with Crippen molar-refractivity contribution in [3.8, 4) is 5.75 Å². The van der Waals surface area contributed by atoms with Gasteiger partial charge in [0.15, 0.2) is 0 Å². The van der Waals surface area contributed by atoms with Gasteiger partial charge in [-0.25, -0.2) is 0 Å². The van der Waals surface area contributed by atoms with Crippen LogP contribution >= 0.6 is 15.9 Å². The van der Waals surface area contributed by atoms with Gasteiger partial charge in [-0.2, -0.15) is 0 Å². The largest absolute Gasteiger partial charge is 0.493 e. The SMILES string of the molecule is C=C(Br)CNC(=O)CCOc1ccc(C)c(C)c1. The van der Waals surface area contributed by atoms with E-state index in [1.807, 2.05) is 25.1 Å². The molecule has 0 unspecified atom stereocenters. The Kier molecular flexibility index (Phi) is 5.92. The Hall–Kier alpha value is -1.29. The average molecular weight is 312 g/mol. The van der Waals surface area contributed by atoms with E-state index in [1.54, 1.807) is 0 Å². The van der Waals surface area contributed by atoms with Crippen molar-refractivity contribution in [2.24, 2.45) is 0 Å². The number of nitrogens with one attached hydrogen (secondary N) is 1. The maximum absolute atomic E-state index is 11.4. The molecule has 0 saturated heterocycles. The van der Waals surface area contributed by atoms with Gasteiger partial charge >= 0.3 is 0 Å². The van der Waals surface area contributed by atoms with Crippen LogP contribution in [0, 0.1) is 13.8 Å². The predicted molar refractivity (Wildman–Crippen MR) is 77.1 cm³/mol. The van der Waals surface area contributed by atoms with Crippen LogP contribution in [0.15, 0.2) is 29.3 Å². The molecule has 0 aliphatic heterocycles. The Balaban J connectivity index is 2.30. The predicted octanol–water partition coefficient (Wildman–Crippen LogP) is 3.10. The van der Waals surface area contributed by atoms with E-state index in [4.69, 9.17) is 4.74 Å². The molecule has 1 aromatic carbocycles. The first-order chi connectivity index (χ1) is 8.49. The maximum Gasteiger partial charge on any atom is 0.223 e. The lowest BCUT2D eigenvalue weighted by Gasteiger charge is -2.08. The summed E-state index contributed by atoms with van der Waals surface area (Å²) >= 11 is 3.18. The molecule has 0 radical (unpaired) electrons. The Morgan fingerprint density at radius 2 is 2.11 bits per heavy atom. The molecule has 0 aliphatic rings. The van der Waals surface area contributed by atoms with Gasteiger partial charge in [-0.15, -0.1) is 0 Å². The molecule has 3 nitrogen and oxygen atoms in total. The summed E-state index contributed by atoms with van der Waals surface area (Å²) in [5, 5.41) is 2.72. The number of aryl methyl sites for hydroxylation is 2. The van der Waals surface area contributed by atoms with Gasteiger partial charge in [0.1, 0.15) is 5.75 Å². The summed E-state index contributed by atoms with van der Waals surface area (Å²) in [5.74, 6) is 0.759. The topological polar surface area (TPSA) is 38.3 Å². The van der Waals surface area contributed by atoms with Gasteiger partial charge in [0.05, 0.1) is 13.0 Å². The number of rotatable bonds is 6. The Morgan fingerprint density at radius 1 is 1.39 bits per heavy atom. The van der Waals surface area contributed by atoms with E-state index in [2.05, 4.69) is 34.7 Å². The quantitative estimate of drug-likeness (QED) is 0.876. The summed E-state index contributed by atoms with van der Waals surface area (Å²) in [7, 11) is 0. The van der Waals surface area contributed by atoms with E-state index in [0.29, 0.717) is 19.6 Å². The summed E-state index contributed by atoms with van der Waals surface area (Å²) in [6.07, 6.45) is 0.340. The smallest absolute Gasteiger partial charge is 0.223 e. The highest BCUT2D eigenvalue weighted by atomic mass is 79.9. The number of hydrogen-bond donors (Lipinski definition) is 1. The molecule has 1 amide bonds. The van der Waals surface area contributed by atoms with Gasteiger partial charge in [-0.3, -0.25) is 4.79 Å². The lowest BCUT2D eigenvalue weighted by molar-refractivity contribution is -0.121. The number of halogens is 1. The highest BCUT2D eigenvalue weighted by Crippen LogP contribution is 2.16. The normalized spacial score (nSPS) is 9.94. The van der Waals surface area contributed by atoms with E-state index in [1.165, 1.54) is 11.1 Å². The molecule has 4 heteroatoms. The van der Waals surface area contributed by atoms with Crippen LogP contribution in [0.3, 0.4) is 0 Å². The number of amides is 1. The summed E-state index contributed by atoms with van der Waals surface area (Å²) in [6, 6.07) is 5.91. The number of carbonyl (C=O) groups excluding carboxylic acids is 1. The average Bonchev–Trinajstić information content (AvgIpc) is 2.31. The minimum atomic E-state index is -0.0422. The van der Waals surface area contributed by atoms with Crippen LogP contribution in [-0.2, 0) is 4.79 Å². The molecule has 0 saturated carbocycles. The molecule has 18 heavy (non-hydrogen) atoms. The Morgan fingerprint density at radius 3 is 2.72 bits per heavy atom. The second-order valence-corrected chi connectivity index (χ2v) is 5.26. The molecule has 0 atom stereocenters. The molecular weight excluding hydrogens is 294 g/mol. The molecule has 0 heterocycles. The second kappa shape index (κ2) is 7.21. The van der Waals surface area contributed by atoms with Crippen molar-refractivity contribution >= 4 is 21.8 Å². The lowest BCUT2D eigenvalue weighted by atomic mass is 10.1. The zero-order chi connectivity index (χ0) is 13.5. The third-order valence-corrected chi connectivity index (χ3v) is 2.83. The van der Waals surface area contributed by atoms with Crippen molar-refractivity contribution in [1.29, 1.82) is 0 Å². The van der Waals surface area contributed by atoms with Gasteiger partial charge in [0.2, 0.25) is 5.91 Å². The Labute approximate surface area is 116 Å². The van der Waals surface area contributed by atoms with Gasteiger partial charge in [-0.05, 0) is 37.1 Å². The molecule has 0 aliphatic carbocycles. The van der Waals surface area contributed by atoms with Crippen molar-refractivity contribution < 1.29 is 9.53 Å². The van der Waals surface area contributed by atoms with Gasteiger partial charge in [0.25, 0.3) is 0 Å². The molecule has 0 fully saturated rings. The van der Waals surface area contributed by atoms with Crippen LogP contribution < -0.4 is 10.1 Å². The van der Waals surface area contributed by atoms with Gasteiger partial charge in [0, 0.05) is 11.0 Å². The number of benzene rings is 1. The maximum atomic E-state index is 11.4. The molecular formula is C14H18BrNO2. The lowest BCUT2D eigenvalue weighted by Crippen LogP contribution is -2.25. The monoisotopic (exact) mass is 311 g/mol. The van der Waals surface area contributed by atoms with Crippen molar-refractivity contribution in [3.05, 3.63) is 40.4 Å². The van der Waals surface area contributed by atoms with Crippen LogP contribution in [0.2, 0.25) is 0 Å². The number of hydrogen-bond acceptors (Lipinski definition) is 2. The standard InChI is InChI=1S/C14H18BrNO2/c1-10-4-5-13(8-11(10)2)18-7-6-14(17)16-9-12(3)15/h4-5,8H,3,6-7,9H2,1-2H3,(H,16,17). The second-order valence-electron chi connectivity index (χ2n) is 4.14. The van der Waals surface area contributed by atoms with Crippen LogP contribution in [-0.4, -0.2) is 19.1 Å². The minimum absolute atomic E-state index is 0.0422. The molecule has 0 aromatic heterocycles. The molecule has 0 spiro atoms. The summed E-state index contributed by atoms with van der Waals surface area (Å²) < 4.78 is 6.28. The van der Waals surface area contributed by atoms with Gasteiger partial charge in [-0.1, -0.05) is 28.6 Å². The van der Waals surface area contributed by atoms with Crippen LogP contribution in [0.4, 0.5) is 0 Å². The van der Waals surface area contributed by atoms with Crippen molar-refractivity contribution in [1.82, 2.24) is 5.32 Å². The van der Waals surface area contributed by atoms with E-state index in [9.17, 15) is 4.79 Å². The van der Waals surface area contributed by atoms with Crippen LogP contribution in [0.25, 0.3) is 0 Å².